The molecule has 1 saturated heterocycles. The fourth-order valence-corrected chi connectivity index (χ4v) is 2.33. The first-order chi connectivity index (χ1) is 11.0. The Hall–Kier alpha value is -2.70. The Morgan fingerprint density at radius 2 is 1.87 bits per heavy atom. The first-order valence-electron chi connectivity index (χ1n) is 7.39. The number of nitro groups is 1. The van der Waals surface area contributed by atoms with E-state index < -0.39 is 17.0 Å². The molecule has 1 aliphatic heterocycles. The van der Waals surface area contributed by atoms with Gasteiger partial charge in [-0.1, -0.05) is 0 Å². The fraction of sp³-hybridized carbons (Fsp3) is 0.375. The van der Waals surface area contributed by atoms with E-state index in [4.69, 9.17) is 4.74 Å². The van der Waals surface area contributed by atoms with Crippen LogP contribution in [0.3, 0.4) is 0 Å². The third kappa shape index (κ3) is 4.64. The lowest BCUT2D eigenvalue weighted by molar-refractivity contribution is -0.384. The highest BCUT2D eigenvalue weighted by atomic mass is 16.6. The number of nitrogens with zero attached hydrogens (tertiary/aromatic N) is 2. The largest absolute Gasteiger partial charge is 0.449 e. The van der Waals surface area contributed by atoms with Gasteiger partial charge in [0.25, 0.3) is 11.6 Å². The van der Waals surface area contributed by atoms with Crippen molar-refractivity contribution in [2.75, 3.05) is 13.1 Å². The van der Waals surface area contributed by atoms with E-state index in [-0.39, 0.29) is 11.6 Å². The quantitative estimate of drug-likeness (QED) is 0.359. The number of ether oxygens (including phenoxy) is 1. The maximum absolute atomic E-state index is 12.0. The molecule has 0 unspecified atom stereocenters. The maximum atomic E-state index is 12.0. The van der Waals surface area contributed by atoms with Crippen molar-refractivity contribution in [3.63, 3.8) is 0 Å². The molecule has 7 heteroatoms. The van der Waals surface area contributed by atoms with Gasteiger partial charge in [0, 0.05) is 31.3 Å². The van der Waals surface area contributed by atoms with E-state index in [2.05, 4.69) is 0 Å². The lowest BCUT2D eigenvalue weighted by Gasteiger charge is -2.19. The second kappa shape index (κ2) is 7.53. The predicted octanol–water partition coefficient (Wildman–Crippen LogP) is 2.16. The second-order valence-electron chi connectivity index (χ2n) is 5.29. The highest BCUT2D eigenvalue weighted by molar-refractivity contribution is 5.90. The summed E-state index contributed by atoms with van der Waals surface area (Å²) in [6, 6.07) is 5.76. The van der Waals surface area contributed by atoms with Crippen molar-refractivity contribution in [3.8, 4) is 0 Å². The zero-order chi connectivity index (χ0) is 16.8. The van der Waals surface area contributed by atoms with E-state index in [1.807, 2.05) is 0 Å². The summed E-state index contributed by atoms with van der Waals surface area (Å²) >= 11 is 0. The Morgan fingerprint density at radius 3 is 2.43 bits per heavy atom. The SMILES string of the molecule is C[C@@H](OC(=O)/C=C/c1ccc([N+](=O)[O-])cc1)C(=O)N1CCCC1. The minimum absolute atomic E-state index is 0.0189. The van der Waals surface area contributed by atoms with E-state index in [1.54, 1.807) is 11.8 Å². The standard InChI is InChI=1S/C16H18N2O5/c1-12(16(20)17-10-2-3-11-17)23-15(19)9-6-13-4-7-14(8-5-13)18(21)22/h4-9,12H,2-3,10-11H2,1H3/b9-6+/t12-/m1/s1. The van der Waals surface area contributed by atoms with Crippen molar-refractivity contribution >= 4 is 23.6 Å². The van der Waals surface area contributed by atoms with Crippen LogP contribution in [0.2, 0.25) is 0 Å². The van der Waals surface area contributed by atoms with Crippen LogP contribution >= 0.6 is 0 Å². The average Bonchev–Trinajstić information content (AvgIpc) is 3.06. The summed E-state index contributed by atoms with van der Waals surface area (Å²) in [5.74, 6) is -0.803. The molecule has 1 aliphatic rings. The molecule has 1 aromatic rings. The van der Waals surface area contributed by atoms with Crippen molar-refractivity contribution < 1.29 is 19.2 Å². The molecule has 7 nitrogen and oxygen atoms in total. The maximum Gasteiger partial charge on any atom is 0.331 e. The smallest absolute Gasteiger partial charge is 0.331 e. The molecule has 0 bridgehead atoms. The Morgan fingerprint density at radius 1 is 1.26 bits per heavy atom. The van der Waals surface area contributed by atoms with Gasteiger partial charge in [0.15, 0.2) is 6.10 Å². The van der Waals surface area contributed by atoms with Crippen LogP contribution in [0.5, 0.6) is 0 Å². The van der Waals surface area contributed by atoms with Crippen LogP contribution in [0.4, 0.5) is 5.69 Å². The Balaban J connectivity index is 1.88. The summed E-state index contributed by atoms with van der Waals surface area (Å²) in [6.07, 6.45) is 3.83. The number of rotatable bonds is 5. The van der Waals surface area contributed by atoms with Crippen molar-refractivity contribution in [1.82, 2.24) is 4.90 Å². The molecule has 1 amide bonds. The number of likely N-dealkylation sites (tertiary alicyclic amines) is 1. The number of nitro benzene ring substituents is 1. The average molecular weight is 318 g/mol. The van der Waals surface area contributed by atoms with Gasteiger partial charge in [0.1, 0.15) is 0 Å². The summed E-state index contributed by atoms with van der Waals surface area (Å²) in [6.45, 7) is 2.97. The Bertz CT molecular complexity index is 618. The molecule has 0 N–H and O–H groups in total. The summed E-state index contributed by atoms with van der Waals surface area (Å²) in [5.41, 5.74) is 0.612. The summed E-state index contributed by atoms with van der Waals surface area (Å²) < 4.78 is 5.08. The topological polar surface area (TPSA) is 89.7 Å². The molecule has 0 aromatic heterocycles. The molecule has 1 aromatic carbocycles. The van der Waals surface area contributed by atoms with Crippen molar-refractivity contribution in [3.05, 3.63) is 46.0 Å². The summed E-state index contributed by atoms with van der Waals surface area (Å²) in [7, 11) is 0. The van der Waals surface area contributed by atoms with E-state index >= 15 is 0 Å². The molecular formula is C16H18N2O5. The highest BCUT2D eigenvalue weighted by Crippen LogP contribution is 2.13. The van der Waals surface area contributed by atoms with E-state index in [1.165, 1.54) is 36.4 Å². The summed E-state index contributed by atoms with van der Waals surface area (Å²) in [5, 5.41) is 10.5. The van der Waals surface area contributed by atoms with Crippen LogP contribution in [0.15, 0.2) is 30.3 Å². The number of carbonyl (C=O) groups excluding carboxylic acids is 2. The molecule has 1 fully saturated rings. The van der Waals surface area contributed by atoms with Crippen LogP contribution in [-0.2, 0) is 14.3 Å². The number of esters is 1. The molecule has 2 rings (SSSR count). The lowest BCUT2D eigenvalue weighted by atomic mass is 10.2. The minimum Gasteiger partial charge on any atom is -0.449 e. The number of amides is 1. The first-order valence-corrected chi connectivity index (χ1v) is 7.39. The molecular weight excluding hydrogens is 300 g/mol. The van der Waals surface area contributed by atoms with Crippen LogP contribution in [-0.4, -0.2) is 40.9 Å². The zero-order valence-electron chi connectivity index (χ0n) is 12.8. The van der Waals surface area contributed by atoms with Crippen LogP contribution < -0.4 is 0 Å². The highest BCUT2D eigenvalue weighted by Gasteiger charge is 2.25. The van der Waals surface area contributed by atoms with E-state index in [0.29, 0.717) is 18.7 Å². The van der Waals surface area contributed by atoms with Crippen LogP contribution in [0.25, 0.3) is 6.08 Å². The third-order valence-corrected chi connectivity index (χ3v) is 3.57. The van der Waals surface area contributed by atoms with Crippen LogP contribution in [0, 0.1) is 10.1 Å². The van der Waals surface area contributed by atoms with Gasteiger partial charge in [-0.15, -0.1) is 0 Å². The van der Waals surface area contributed by atoms with Crippen molar-refractivity contribution in [1.29, 1.82) is 0 Å². The van der Waals surface area contributed by atoms with Crippen molar-refractivity contribution in [2.45, 2.75) is 25.9 Å². The number of hydrogen-bond donors (Lipinski definition) is 0. The molecule has 0 radical (unpaired) electrons. The minimum atomic E-state index is -0.817. The Labute approximate surface area is 133 Å². The number of hydrogen-bond acceptors (Lipinski definition) is 5. The van der Waals surface area contributed by atoms with Gasteiger partial charge in [-0.3, -0.25) is 14.9 Å². The van der Waals surface area contributed by atoms with Gasteiger partial charge in [-0.2, -0.15) is 0 Å². The predicted molar refractivity (Wildman–Crippen MR) is 83.5 cm³/mol. The third-order valence-electron chi connectivity index (χ3n) is 3.57. The van der Waals surface area contributed by atoms with Crippen molar-refractivity contribution in [2.24, 2.45) is 0 Å². The molecule has 0 saturated carbocycles. The number of benzene rings is 1. The van der Waals surface area contributed by atoms with E-state index in [0.717, 1.165) is 12.8 Å². The van der Waals surface area contributed by atoms with Gasteiger partial charge < -0.3 is 9.64 Å². The summed E-state index contributed by atoms with van der Waals surface area (Å²) in [4.78, 5) is 35.5. The van der Waals surface area contributed by atoms with E-state index in [9.17, 15) is 19.7 Å². The second-order valence-corrected chi connectivity index (χ2v) is 5.29. The van der Waals surface area contributed by atoms with Gasteiger partial charge in [0.2, 0.25) is 0 Å². The van der Waals surface area contributed by atoms with Gasteiger partial charge >= 0.3 is 5.97 Å². The number of non-ortho nitro benzene ring substituents is 1. The van der Waals surface area contributed by atoms with Gasteiger partial charge in [0.05, 0.1) is 4.92 Å². The van der Waals surface area contributed by atoms with Gasteiger partial charge in [-0.25, -0.2) is 4.79 Å². The molecule has 23 heavy (non-hydrogen) atoms. The monoisotopic (exact) mass is 318 g/mol. The molecule has 1 heterocycles. The zero-order valence-corrected chi connectivity index (χ0v) is 12.8. The van der Waals surface area contributed by atoms with Gasteiger partial charge in [-0.05, 0) is 43.5 Å². The molecule has 122 valence electrons. The van der Waals surface area contributed by atoms with Crippen LogP contribution in [0.1, 0.15) is 25.3 Å². The lowest BCUT2D eigenvalue weighted by Crippen LogP contribution is -2.37. The fourth-order valence-electron chi connectivity index (χ4n) is 2.33. The molecule has 1 atom stereocenters. The first kappa shape index (κ1) is 16.7. The normalized spacial score (nSPS) is 15.6. The molecule has 0 aliphatic carbocycles. The Kier molecular flexibility index (Phi) is 5.46. The number of carbonyl (C=O) groups is 2. The molecule has 0 spiro atoms.